The summed E-state index contributed by atoms with van der Waals surface area (Å²) in [5.74, 6) is -3.65. The summed E-state index contributed by atoms with van der Waals surface area (Å²) in [7, 11) is 0. The van der Waals surface area contributed by atoms with Gasteiger partial charge in [-0.05, 0) is 12.1 Å². The lowest BCUT2D eigenvalue weighted by atomic mass is 10.7. The molecule has 0 unspecified atom stereocenters. The van der Waals surface area contributed by atoms with E-state index in [1.54, 1.807) is 36.9 Å². The van der Waals surface area contributed by atoms with Gasteiger partial charge in [0, 0.05) is 24.8 Å². The van der Waals surface area contributed by atoms with Crippen LogP contribution in [0.15, 0.2) is 49.6 Å². The zero-order valence-corrected chi connectivity index (χ0v) is 9.12. The van der Waals surface area contributed by atoms with Crippen molar-refractivity contribution in [1.29, 1.82) is 0 Å². The second kappa shape index (κ2) is 10.6. The molecule has 0 saturated heterocycles. The Hall–Kier alpha value is -2.90. The topological polar surface area (TPSA) is 126 Å². The summed E-state index contributed by atoms with van der Waals surface area (Å²) in [6.07, 6.45) is 9.75. The largest absolute Gasteiger partial charge is 0.473 e. The molecule has 2 aromatic rings. The molecule has 0 aromatic carbocycles. The van der Waals surface area contributed by atoms with Crippen LogP contribution < -0.4 is 0 Å². The molecule has 0 aliphatic rings. The normalized spacial score (nSPS) is 7.78. The average Bonchev–Trinajstić information content (AvgIpc) is 2.44. The van der Waals surface area contributed by atoms with Crippen molar-refractivity contribution < 1.29 is 19.8 Å². The maximum atomic E-state index is 9.10. The first kappa shape index (κ1) is 15.1. The van der Waals surface area contributed by atoms with Crippen LogP contribution >= 0.6 is 0 Å². The van der Waals surface area contributed by atoms with E-state index in [4.69, 9.17) is 19.8 Å². The molecule has 0 bridgehead atoms. The molecule has 2 aromatic heterocycles. The molecule has 94 valence electrons. The lowest BCUT2D eigenvalue weighted by Crippen LogP contribution is -2.09. The Labute approximate surface area is 102 Å². The summed E-state index contributed by atoms with van der Waals surface area (Å²) in [5.41, 5.74) is 0. The van der Waals surface area contributed by atoms with E-state index in [0.717, 1.165) is 0 Å². The van der Waals surface area contributed by atoms with Crippen molar-refractivity contribution in [3.63, 3.8) is 0 Å². The van der Waals surface area contributed by atoms with Crippen molar-refractivity contribution >= 4 is 11.9 Å². The summed E-state index contributed by atoms with van der Waals surface area (Å²) >= 11 is 0. The first-order valence-corrected chi connectivity index (χ1v) is 4.50. The molecular formula is C10H10N4O4. The summed E-state index contributed by atoms with van der Waals surface area (Å²) in [5, 5.41) is 14.8. The second-order valence-electron chi connectivity index (χ2n) is 2.42. The third-order valence-corrected chi connectivity index (χ3v) is 1.14. The molecular weight excluding hydrogens is 240 g/mol. The van der Waals surface area contributed by atoms with Gasteiger partial charge in [0.25, 0.3) is 0 Å². The molecule has 0 spiro atoms. The van der Waals surface area contributed by atoms with Crippen LogP contribution in [-0.4, -0.2) is 42.1 Å². The molecule has 8 heteroatoms. The maximum Gasteiger partial charge on any atom is 0.414 e. The Balaban J connectivity index is 0.000000241. The molecule has 2 N–H and O–H groups in total. The van der Waals surface area contributed by atoms with Crippen LogP contribution in [0.4, 0.5) is 0 Å². The Morgan fingerprint density at radius 2 is 0.944 bits per heavy atom. The van der Waals surface area contributed by atoms with E-state index in [1.807, 2.05) is 0 Å². The lowest BCUT2D eigenvalue weighted by molar-refractivity contribution is -0.159. The summed E-state index contributed by atoms with van der Waals surface area (Å²) in [6.45, 7) is 0. The molecule has 18 heavy (non-hydrogen) atoms. The number of aliphatic carboxylic acids is 2. The van der Waals surface area contributed by atoms with Gasteiger partial charge in [0.15, 0.2) is 0 Å². The van der Waals surface area contributed by atoms with Crippen molar-refractivity contribution in [1.82, 2.24) is 19.9 Å². The number of carboxylic acid groups (broad SMARTS) is 2. The van der Waals surface area contributed by atoms with Gasteiger partial charge >= 0.3 is 11.9 Å². The van der Waals surface area contributed by atoms with Crippen molar-refractivity contribution in [3.8, 4) is 0 Å². The number of carboxylic acids is 2. The van der Waals surface area contributed by atoms with Gasteiger partial charge in [0.05, 0.1) is 0 Å². The van der Waals surface area contributed by atoms with Crippen LogP contribution in [0.3, 0.4) is 0 Å². The quantitative estimate of drug-likeness (QED) is 0.631. The summed E-state index contributed by atoms with van der Waals surface area (Å²) in [4.78, 5) is 32.9. The van der Waals surface area contributed by atoms with Crippen LogP contribution in [0.2, 0.25) is 0 Å². The number of nitrogens with zero attached hydrogens (tertiary/aromatic N) is 4. The fourth-order valence-electron chi connectivity index (χ4n) is 0.507. The molecule has 0 aliphatic heterocycles. The minimum absolute atomic E-state index is 1.50. The smallest absolute Gasteiger partial charge is 0.414 e. The number of rotatable bonds is 0. The Morgan fingerprint density at radius 3 is 1.00 bits per heavy atom. The van der Waals surface area contributed by atoms with Crippen molar-refractivity contribution in [2.45, 2.75) is 0 Å². The van der Waals surface area contributed by atoms with Gasteiger partial charge in [-0.15, -0.1) is 0 Å². The summed E-state index contributed by atoms with van der Waals surface area (Å²) < 4.78 is 0. The average molecular weight is 250 g/mol. The zero-order chi connectivity index (χ0) is 13.6. The standard InChI is InChI=1S/2C4H4N2.C2H2O4/c2*1-2-5-4-6-3-1;3-1(4)2(5)6/h2*1-4H;(H,3,4)(H,5,6). The highest BCUT2D eigenvalue weighted by atomic mass is 16.4. The number of carbonyl (C=O) groups is 2. The second-order valence-corrected chi connectivity index (χ2v) is 2.42. The molecule has 2 heterocycles. The molecule has 0 saturated carbocycles. The molecule has 0 radical (unpaired) electrons. The minimum Gasteiger partial charge on any atom is -0.473 e. The van der Waals surface area contributed by atoms with Crippen LogP contribution in [0, 0.1) is 0 Å². The first-order valence-electron chi connectivity index (χ1n) is 4.50. The van der Waals surface area contributed by atoms with Gasteiger partial charge in [0.2, 0.25) is 0 Å². The molecule has 0 atom stereocenters. The molecule has 2 rings (SSSR count). The van der Waals surface area contributed by atoms with E-state index in [-0.39, 0.29) is 0 Å². The van der Waals surface area contributed by atoms with E-state index >= 15 is 0 Å². The number of hydrogen-bond donors (Lipinski definition) is 2. The fraction of sp³-hybridized carbons (Fsp3) is 0. The summed E-state index contributed by atoms with van der Waals surface area (Å²) in [6, 6.07) is 3.56. The van der Waals surface area contributed by atoms with Crippen LogP contribution in [-0.2, 0) is 9.59 Å². The predicted molar refractivity (Wildman–Crippen MR) is 59.3 cm³/mol. The Morgan fingerprint density at radius 1 is 0.667 bits per heavy atom. The van der Waals surface area contributed by atoms with Gasteiger partial charge in [-0.3, -0.25) is 0 Å². The van der Waals surface area contributed by atoms with E-state index in [9.17, 15) is 0 Å². The van der Waals surface area contributed by atoms with Crippen LogP contribution in [0.5, 0.6) is 0 Å². The van der Waals surface area contributed by atoms with Gasteiger partial charge in [0.1, 0.15) is 12.7 Å². The number of hydrogen-bond acceptors (Lipinski definition) is 6. The molecule has 0 fully saturated rings. The Bertz CT molecular complexity index is 341. The highest BCUT2D eigenvalue weighted by molar-refractivity contribution is 6.27. The van der Waals surface area contributed by atoms with Crippen molar-refractivity contribution in [2.75, 3.05) is 0 Å². The third kappa shape index (κ3) is 11.2. The van der Waals surface area contributed by atoms with E-state index in [0.29, 0.717) is 0 Å². The Kier molecular flexibility index (Phi) is 8.90. The SMILES string of the molecule is O=C(O)C(=O)O.c1cncnc1.c1cncnc1. The highest BCUT2D eigenvalue weighted by Crippen LogP contribution is 1.67. The van der Waals surface area contributed by atoms with Gasteiger partial charge in [-0.25, -0.2) is 29.5 Å². The van der Waals surface area contributed by atoms with Gasteiger partial charge < -0.3 is 10.2 Å². The fourth-order valence-corrected chi connectivity index (χ4v) is 0.507. The maximum absolute atomic E-state index is 9.10. The zero-order valence-electron chi connectivity index (χ0n) is 9.12. The number of aromatic nitrogens is 4. The van der Waals surface area contributed by atoms with Crippen molar-refractivity contribution in [3.05, 3.63) is 49.6 Å². The van der Waals surface area contributed by atoms with Gasteiger partial charge in [-0.2, -0.15) is 0 Å². The van der Waals surface area contributed by atoms with E-state index in [1.165, 1.54) is 12.7 Å². The van der Waals surface area contributed by atoms with E-state index in [2.05, 4.69) is 19.9 Å². The molecule has 8 nitrogen and oxygen atoms in total. The monoisotopic (exact) mass is 250 g/mol. The third-order valence-electron chi connectivity index (χ3n) is 1.14. The predicted octanol–water partition coefficient (Wildman–Crippen LogP) is 0.109. The lowest BCUT2D eigenvalue weighted by Gasteiger charge is -1.72. The minimum atomic E-state index is -1.82. The van der Waals surface area contributed by atoms with E-state index < -0.39 is 11.9 Å². The van der Waals surface area contributed by atoms with Crippen LogP contribution in [0.25, 0.3) is 0 Å². The van der Waals surface area contributed by atoms with Gasteiger partial charge in [-0.1, -0.05) is 0 Å². The molecule has 0 aliphatic carbocycles. The first-order chi connectivity index (χ1) is 8.64. The van der Waals surface area contributed by atoms with Crippen molar-refractivity contribution in [2.24, 2.45) is 0 Å². The van der Waals surface area contributed by atoms with Crippen LogP contribution in [0.1, 0.15) is 0 Å². The highest BCUT2D eigenvalue weighted by Gasteiger charge is 2.04. The molecule has 0 amide bonds.